The molecule has 22 heavy (non-hydrogen) atoms. The zero-order chi connectivity index (χ0) is 15.5. The van der Waals surface area contributed by atoms with Crippen molar-refractivity contribution in [2.24, 2.45) is 7.05 Å². The third kappa shape index (κ3) is 3.18. The summed E-state index contributed by atoms with van der Waals surface area (Å²) in [5.41, 5.74) is 1.18. The SMILES string of the molecule is COCc1cc(C(=O)Nc2ncc([C@H]3C[CH]CO3)s2)n(C)n1. The second-order valence-corrected chi connectivity index (χ2v) is 6.01. The molecule has 0 unspecified atom stereocenters. The van der Waals surface area contributed by atoms with Gasteiger partial charge in [-0.1, -0.05) is 11.3 Å². The number of hydrogen-bond donors (Lipinski definition) is 1. The Morgan fingerprint density at radius 2 is 2.50 bits per heavy atom. The van der Waals surface area contributed by atoms with Gasteiger partial charge < -0.3 is 9.47 Å². The summed E-state index contributed by atoms with van der Waals surface area (Å²) in [5.74, 6) is -0.239. The number of hydrogen-bond acceptors (Lipinski definition) is 6. The fourth-order valence-electron chi connectivity index (χ4n) is 2.28. The van der Waals surface area contributed by atoms with Crippen LogP contribution in [0.1, 0.15) is 33.6 Å². The van der Waals surface area contributed by atoms with Gasteiger partial charge >= 0.3 is 0 Å². The van der Waals surface area contributed by atoms with E-state index in [1.165, 1.54) is 16.0 Å². The molecule has 1 atom stereocenters. The molecule has 3 rings (SSSR count). The molecule has 1 radical (unpaired) electrons. The molecule has 1 fully saturated rings. The van der Waals surface area contributed by atoms with Crippen molar-refractivity contribution in [3.05, 3.63) is 34.9 Å². The molecule has 8 heteroatoms. The number of carbonyl (C=O) groups excluding carboxylic acids is 1. The van der Waals surface area contributed by atoms with E-state index >= 15 is 0 Å². The van der Waals surface area contributed by atoms with Gasteiger partial charge in [0.1, 0.15) is 5.69 Å². The lowest BCUT2D eigenvalue weighted by Crippen LogP contribution is -2.15. The molecule has 1 aliphatic heterocycles. The van der Waals surface area contributed by atoms with E-state index < -0.39 is 0 Å². The predicted octanol–water partition coefficient (Wildman–Crippen LogP) is 1.94. The summed E-state index contributed by atoms with van der Waals surface area (Å²) in [4.78, 5) is 17.6. The molecular weight excluding hydrogens is 304 g/mol. The number of nitrogens with zero attached hydrogens (tertiary/aromatic N) is 3. The highest BCUT2D eigenvalue weighted by molar-refractivity contribution is 7.15. The number of methoxy groups -OCH3 is 1. The number of anilines is 1. The number of ether oxygens (including phenoxy) is 2. The first kappa shape index (κ1) is 15.1. The van der Waals surface area contributed by atoms with E-state index in [4.69, 9.17) is 9.47 Å². The van der Waals surface area contributed by atoms with Crippen LogP contribution in [-0.2, 0) is 23.1 Å². The first-order chi connectivity index (χ1) is 10.7. The van der Waals surface area contributed by atoms with Crippen molar-refractivity contribution in [2.75, 3.05) is 19.0 Å². The Labute approximate surface area is 132 Å². The van der Waals surface area contributed by atoms with Crippen LogP contribution < -0.4 is 5.32 Å². The zero-order valence-corrected chi connectivity index (χ0v) is 13.2. The van der Waals surface area contributed by atoms with Crippen molar-refractivity contribution >= 4 is 22.4 Å². The third-order valence-electron chi connectivity index (χ3n) is 3.31. The summed E-state index contributed by atoms with van der Waals surface area (Å²) in [6, 6.07) is 1.71. The molecule has 7 nitrogen and oxygen atoms in total. The normalized spacial score (nSPS) is 17.8. The molecule has 2 aromatic rings. The van der Waals surface area contributed by atoms with E-state index in [9.17, 15) is 4.79 Å². The maximum Gasteiger partial charge on any atom is 0.275 e. The number of thiazole rings is 1. The lowest BCUT2D eigenvalue weighted by molar-refractivity contribution is 0.101. The topological polar surface area (TPSA) is 78.3 Å². The third-order valence-corrected chi connectivity index (χ3v) is 4.32. The summed E-state index contributed by atoms with van der Waals surface area (Å²) in [7, 11) is 3.32. The number of carbonyl (C=O) groups is 1. The first-order valence-electron chi connectivity index (χ1n) is 6.89. The van der Waals surface area contributed by atoms with Gasteiger partial charge in [-0.25, -0.2) is 4.98 Å². The minimum atomic E-state index is -0.239. The highest BCUT2D eigenvalue weighted by Gasteiger charge is 2.21. The number of aryl methyl sites for hydroxylation is 1. The molecule has 0 aliphatic carbocycles. The minimum Gasteiger partial charge on any atom is -0.378 e. The van der Waals surface area contributed by atoms with E-state index in [0.717, 1.165) is 11.3 Å². The van der Waals surface area contributed by atoms with E-state index in [1.54, 1.807) is 26.4 Å². The standard InChI is InChI=1S/C14H17N4O3S/c1-18-10(6-9(17-18)8-20-2)13(19)16-14-15-7-12(22-14)11-4-3-5-21-11/h3,6-7,11H,4-5,8H2,1-2H3,(H,15,16,19)/t11-/m1/s1. The molecule has 117 valence electrons. The van der Waals surface area contributed by atoms with Crippen LogP contribution in [0.2, 0.25) is 0 Å². The predicted molar refractivity (Wildman–Crippen MR) is 81.6 cm³/mol. The van der Waals surface area contributed by atoms with Crippen molar-refractivity contribution in [2.45, 2.75) is 19.1 Å². The lowest BCUT2D eigenvalue weighted by Gasteiger charge is -2.04. The van der Waals surface area contributed by atoms with Gasteiger partial charge in [0.15, 0.2) is 5.13 Å². The van der Waals surface area contributed by atoms with Crippen molar-refractivity contribution in [1.29, 1.82) is 0 Å². The molecule has 0 bridgehead atoms. The fraction of sp³-hybridized carbons (Fsp3) is 0.429. The Kier molecular flexibility index (Phi) is 4.51. The summed E-state index contributed by atoms with van der Waals surface area (Å²) in [6.07, 6.45) is 4.80. The van der Waals surface area contributed by atoms with E-state index in [1.807, 2.05) is 0 Å². The molecule has 0 spiro atoms. The average molecular weight is 321 g/mol. The van der Waals surface area contributed by atoms with Crippen LogP contribution in [0.25, 0.3) is 0 Å². The monoisotopic (exact) mass is 321 g/mol. The highest BCUT2D eigenvalue weighted by Crippen LogP contribution is 2.33. The van der Waals surface area contributed by atoms with Crippen LogP contribution in [0.4, 0.5) is 5.13 Å². The molecular formula is C14H17N4O3S. The maximum absolute atomic E-state index is 12.3. The van der Waals surface area contributed by atoms with Crippen LogP contribution >= 0.6 is 11.3 Å². The van der Waals surface area contributed by atoms with Crippen LogP contribution in [0.3, 0.4) is 0 Å². The second-order valence-electron chi connectivity index (χ2n) is 4.95. The molecule has 0 saturated carbocycles. The largest absolute Gasteiger partial charge is 0.378 e. The van der Waals surface area contributed by atoms with Crippen molar-refractivity contribution in [1.82, 2.24) is 14.8 Å². The van der Waals surface area contributed by atoms with Gasteiger partial charge in [0.05, 0.1) is 29.9 Å². The number of nitrogens with one attached hydrogen (secondary N) is 1. The van der Waals surface area contributed by atoms with Crippen LogP contribution in [0.15, 0.2) is 12.3 Å². The Morgan fingerprint density at radius 3 is 3.23 bits per heavy atom. The van der Waals surface area contributed by atoms with Gasteiger partial charge in [0, 0.05) is 20.4 Å². The second kappa shape index (κ2) is 6.55. The maximum atomic E-state index is 12.3. The van der Waals surface area contributed by atoms with Gasteiger partial charge in [-0.3, -0.25) is 14.8 Å². The Hall–Kier alpha value is -1.77. The van der Waals surface area contributed by atoms with E-state index in [0.29, 0.717) is 29.7 Å². The van der Waals surface area contributed by atoms with Crippen molar-refractivity contribution in [3.8, 4) is 0 Å². The lowest BCUT2D eigenvalue weighted by atomic mass is 10.2. The van der Waals surface area contributed by atoms with Crippen molar-refractivity contribution < 1.29 is 14.3 Å². The molecule has 2 aromatic heterocycles. The molecule has 1 amide bonds. The Balaban J connectivity index is 1.68. The quantitative estimate of drug-likeness (QED) is 0.910. The van der Waals surface area contributed by atoms with Crippen LogP contribution in [-0.4, -0.2) is 34.4 Å². The van der Waals surface area contributed by atoms with Crippen molar-refractivity contribution in [3.63, 3.8) is 0 Å². The van der Waals surface area contributed by atoms with Gasteiger partial charge in [-0.2, -0.15) is 5.10 Å². The van der Waals surface area contributed by atoms with Gasteiger partial charge in [0.25, 0.3) is 5.91 Å². The summed E-state index contributed by atoms with van der Waals surface area (Å²) >= 11 is 1.43. The molecule has 1 aliphatic rings. The molecule has 1 saturated heterocycles. The average Bonchev–Trinajstić information content (AvgIpc) is 3.19. The number of amides is 1. The molecule has 1 N–H and O–H groups in total. The summed E-state index contributed by atoms with van der Waals surface area (Å²) in [5, 5.41) is 7.58. The van der Waals surface area contributed by atoms with E-state index in [2.05, 4.69) is 21.8 Å². The van der Waals surface area contributed by atoms with Gasteiger partial charge in [-0.05, 0) is 18.9 Å². The summed E-state index contributed by atoms with van der Waals surface area (Å²) < 4.78 is 12.1. The van der Waals surface area contributed by atoms with E-state index in [-0.39, 0.29) is 12.0 Å². The smallest absolute Gasteiger partial charge is 0.275 e. The van der Waals surface area contributed by atoms with Gasteiger partial charge in [0.2, 0.25) is 0 Å². The Bertz CT molecular complexity index is 661. The minimum absolute atomic E-state index is 0.0631. The summed E-state index contributed by atoms with van der Waals surface area (Å²) in [6.45, 7) is 1.04. The fourth-order valence-corrected chi connectivity index (χ4v) is 3.16. The molecule has 0 aromatic carbocycles. The number of rotatable bonds is 5. The number of aromatic nitrogens is 3. The molecule has 3 heterocycles. The van der Waals surface area contributed by atoms with Gasteiger partial charge in [-0.15, -0.1) is 0 Å². The Morgan fingerprint density at radius 1 is 1.64 bits per heavy atom. The first-order valence-corrected chi connectivity index (χ1v) is 7.71. The zero-order valence-electron chi connectivity index (χ0n) is 12.4. The van der Waals surface area contributed by atoms with Crippen LogP contribution in [0, 0.1) is 6.42 Å². The highest BCUT2D eigenvalue weighted by atomic mass is 32.1. The van der Waals surface area contributed by atoms with Crippen LogP contribution in [0.5, 0.6) is 0 Å².